The van der Waals surface area contributed by atoms with Crippen LogP contribution in [0.2, 0.25) is 0 Å². The van der Waals surface area contributed by atoms with E-state index in [1.54, 1.807) is 4.98 Å². The van der Waals surface area contributed by atoms with Crippen molar-refractivity contribution in [3.63, 3.8) is 0 Å². The Bertz CT molecular complexity index is 1290. The van der Waals surface area contributed by atoms with E-state index < -0.39 is 62.8 Å². The number of halogens is 4. The van der Waals surface area contributed by atoms with Gasteiger partial charge in [0, 0.05) is 6.92 Å². The van der Waals surface area contributed by atoms with Gasteiger partial charge in [-0.05, 0) is 18.2 Å². The molecule has 0 aliphatic rings. The van der Waals surface area contributed by atoms with Crippen LogP contribution in [-0.4, -0.2) is 20.5 Å². The minimum atomic E-state index is -5.20. The molecule has 2 N–H and O–H groups in total. The topological polar surface area (TPSA) is 114 Å². The fourth-order valence-electron chi connectivity index (χ4n) is 2.61. The molecule has 28 heavy (non-hydrogen) atoms. The number of benzene rings is 1. The highest BCUT2D eigenvalue weighted by Crippen LogP contribution is 2.34. The molecule has 0 unspecified atom stereocenters. The van der Waals surface area contributed by atoms with Gasteiger partial charge in [-0.15, -0.1) is 0 Å². The van der Waals surface area contributed by atoms with Gasteiger partial charge in [-0.1, -0.05) is 6.07 Å². The number of carbonyl (C=O) groups is 1. The van der Waals surface area contributed by atoms with Crippen LogP contribution in [0, 0.1) is 5.82 Å². The van der Waals surface area contributed by atoms with Gasteiger partial charge in [-0.3, -0.25) is 23.9 Å². The summed E-state index contributed by atoms with van der Waals surface area (Å²) in [5, 5.41) is -0.751. The number of ether oxygens (including phenoxy) is 1. The summed E-state index contributed by atoms with van der Waals surface area (Å²) in [6, 6.07) is 3.08. The fourth-order valence-corrected chi connectivity index (χ4v) is 2.61. The highest BCUT2D eigenvalue weighted by Gasteiger charge is 2.37. The summed E-state index contributed by atoms with van der Waals surface area (Å²) in [6.45, 7) is 0.930. The van der Waals surface area contributed by atoms with Gasteiger partial charge in [0.15, 0.2) is 11.6 Å². The molecule has 2 aromatic heterocycles. The Morgan fingerprint density at radius 3 is 2.43 bits per heavy atom. The number of hydrogen-bond donors (Lipinski definition) is 2. The Morgan fingerprint density at radius 1 is 1.14 bits per heavy atom. The molecule has 0 bridgehead atoms. The van der Waals surface area contributed by atoms with E-state index in [1.807, 2.05) is 4.98 Å². The quantitative estimate of drug-likeness (QED) is 0.385. The summed E-state index contributed by atoms with van der Waals surface area (Å²) in [5.41, 5.74) is -7.40. The van der Waals surface area contributed by atoms with Crippen molar-refractivity contribution in [2.45, 2.75) is 13.1 Å². The second kappa shape index (κ2) is 6.48. The molecule has 3 rings (SSSR count). The molecule has 0 fully saturated rings. The molecule has 0 saturated carbocycles. The number of hydrogen-bond acceptors (Lipinski definition) is 5. The lowest BCUT2D eigenvalue weighted by Gasteiger charge is -2.18. The van der Waals surface area contributed by atoms with Crippen molar-refractivity contribution in [1.29, 1.82) is 0 Å². The van der Waals surface area contributed by atoms with Gasteiger partial charge in [-0.2, -0.15) is 13.2 Å². The third kappa shape index (κ3) is 3.19. The highest BCUT2D eigenvalue weighted by molar-refractivity contribution is 5.78. The van der Waals surface area contributed by atoms with Crippen LogP contribution in [0.5, 0.6) is 5.75 Å². The van der Waals surface area contributed by atoms with Crippen LogP contribution in [0.3, 0.4) is 0 Å². The summed E-state index contributed by atoms with van der Waals surface area (Å²) < 4.78 is 59.9. The van der Waals surface area contributed by atoms with Gasteiger partial charge in [-0.25, -0.2) is 9.18 Å². The van der Waals surface area contributed by atoms with Crippen molar-refractivity contribution in [2.75, 3.05) is 0 Å². The smallest absolute Gasteiger partial charge is 0.424 e. The number of pyridine rings is 1. The summed E-state index contributed by atoms with van der Waals surface area (Å²) in [5.74, 6) is -2.94. The molecule has 1 aromatic carbocycles. The zero-order valence-corrected chi connectivity index (χ0v) is 13.8. The van der Waals surface area contributed by atoms with Crippen molar-refractivity contribution in [1.82, 2.24) is 14.5 Å². The average Bonchev–Trinajstić information content (AvgIpc) is 2.55. The molecule has 3 aromatic rings. The van der Waals surface area contributed by atoms with Crippen LogP contribution in [0.1, 0.15) is 12.6 Å². The summed E-state index contributed by atoms with van der Waals surface area (Å²) in [4.78, 5) is 50.8. The molecule has 146 valence electrons. The number of nitrogens with zero attached hydrogens (tertiary/aromatic N) is 1. The van der Waals surface area contributed by atoms with E-state index in [9.17, 15) is 36.7 Å². The normalized spacial score (nSPS) is 11.6. The molecule has 0 aliphatic heterocycles. The monoisotopic (exact) mass is 399 g/mol. The zero-order valence-electron chi connectivity index (χ0n) is 13.8. The number of carbonyl (C=O) groups excluding carboxylic acids is 1. The predicted molar refractivity (Wildman–Crippen MR) is 87.1 cm³/mol. The van der Waals surface area contributed by atoms with E-state index in [4.69, 9.17) is 4.74 Å². The van der Waals surface area contributed by atoms with Crippen molar-refractivity contribution >= 4 is 16.9 Å². The van der Waals surface area contributed by atoms with Gasteiger partial charge in [0.05, 0.1) is 5.39 Å². The lowest BCUT2D eigenvalue weighted by molar-refractivity contribution is -0.142. The van der Waals surface area contributed by atoms with Gasteiger partial charge < -0.3 is 9.72 Å². The van der Waals surface area contributed by atoms with E-state index in [-0.39, 0.29) is 10.6 Å². The van der Waals surface area contributed by atoms with Gasteiger partial charge in [0.1, 0.15) is 16.9 Å². The van der Waals surface area contributed by atoms with E-state index in [0.29, 0.717) is 0 Å². The van der Waals surface area contributed by atoms with Crippen LogP contribution in [0.25, 0.3) is 16.6 Å². The maximum Gasteiger partial charge on any atom is 0.431 e. The molecule has 0 atom stereocenters. The molecule has 0 radical (unpaired) electrons. The number of H-pyrrole nitrogens is 2. The number of aromatic amines is 2. The average molecular weight is 399 g/mol. The first-order valence-corrected chi connectivity index (χ1v) is 7.47. The Labute approximate surface area is 151 Å². The number of nitrogens with one attached hydrogen (secondary N) is 2. The maximum atomic E-state index is 14.4. The number of fused-ring (bicyclic) bond motifs is 1. The lowest BCUT2D eigenvalue weighted by Crippen LogP contribution is -2.33. The minimum Gasteiger partial charge on any atom is -0.424 e. The van der Waals surface area contributed by atoms with Crippen LogP contribution in [0.15, 0.2) is 38.6 Å². The first kappa shape index (κ1) is 19.1. The van der Waals surface area contributed by atoms with E-state index in [2.05, 4.69) is 0 Å². The van der Waals surface area contributed by atoms with E-state index in [1.165, 1.54) is 0 Å². The van der Waals surface area contributed by atoms with Crippen LogP contribution < -0.4 is 21.5 Å². The standard InChI is InChI=1S/C16H9F4N3O5/c1-6(24)28-9-4-2-3-8(17)12(9)23-10(16(18,19)20)5-7-11(14(23)26)21-15(27)22-13(7)25/h2-5H,1H3,(H2,21,22,25,27). The minimum absolute atomic E-state index is 0.106. The number of aromatic nitrogens is 3. The van der Waals surface area contributed by atoms with Gasteiger partial charge in [0.25, 0.3) is 11.1 Å². The Hall–Kier alpha value is -3.70. The highest BCUT2D eigenvalue weighted by atomic mass is 19.4. The summed E-state index contributed by atoms with van der Waals surface area (Å²) in [7, 11) is 0. The molecule has 8 nitrogen and oxygen atoms in total. The number of esters is 1. The third-order valence-electron chi connectivity index (χ3n) is 3.64. The Morgan fingerprint density at radius 2 is 1.82 bits per heavy atom. The van der Waals surface area contributed by atoms with Crippen molar-refractivity contribution < 1.29 is 27.1 Å². The van der Waals surface area contributed by atoms with Crippen LogP contribution >= 0.6 is 0 Å². The second-order valence-corrected chi connectivity index (χ2v) is 5.55. The lowest BCUT2D eigenvalue weighted by atomic mass is 10.2. The van der Waals surface area contributed by atoms with E-state index >= 15 is 0 Å². The zero-order chi connectivity index (χ0) is 20.8. The first-order chi connectivity index (χ1) is 13.0. The van der Waals surface area contributed by atoms with Crippen LogP contribution in [-0.2, 0) is 11.0 Å². The van der Waals surface area contributed by atoms with E-state index in [0.717, 1.165) is 25.1 Å². The molecule has 0 spiro atoms. The largest absolute Gasteiger partial charge is 0.431 e. The molecule has 12 heteroatoms. The van der Waals surface area contributed by atoms with Gasteiger partial charge >= 0.3 is 17.8 Å². The number of rotatable bonds is 2. The third-order valence-corrected chi connectivity index (χ3v) is 3.64. The van der Waals surface area contributed by atoms with Gasteiger partial charge in [0.2, 0.25) is 0 Å². The summed E-state index contributed by atoms with van der Waals surface area (Å²) >= 11 is 0. The molecule has 0 amide bonds. The first-order valence-electron chi connectivity index (χ1n) is 7.47. The number of para-hydroxylation sites is 1. The predicted octanol–water partition coefficient (Wildman–Crippen LogP) is 1.45. The summed E-state index contributed by atoms with van der Waals surface area (Å²) in [6.07, 6.45) is -5.20. The molecular formula is C16H9F4N3O5. The fraction of sp³-hybridized carbons (Fsp3) is 0.125. The molecular weight excluding hydrogens is 390 g/mol. The van der Waals surface area contributed by atoms with Crippen LogP contribution in [0.4, 0.5) is 17.6 Å². The molecule has 0 saturated heterocycles. The second-order valence-electron chi connectivity index (χ2n) is 5.55. The maximum absolute atomic E-state index is 14.4. The molecule has 2 heterocycles. The SMILES string of the molecule is CC(=O)Oc1cccc(F)c1-n1c(C(F)(F)F)cc2c(=O)[nH]c(=O)[nH]c2c1=O. The molecule has 0 aliphatic carbocycles. The Kier molecular flexibility index (Phi) is 4.41. The Balaban J connectivity index is 2.57. The van der Waals surface area contributed by atoms with Crippen molar-refractivity contribution in [3.8, 4) is 11.4 Å². The van der Waals surface area contributed by atoms with Crippen molar-refractivity contribution in [3.05, 3.63) is 67.0 Å². The number of alkyl halides is 3. The van der Waals surface area contributed by atoms with Crippen molar-refractivity contribution in [2.24, 2.45) is 0 Å².